The Kier molecular flexibility index (Phi) is 10.2. The van der Waals surface area contributed by atoms with Crippen LogP contribution in [0.5, 0.6) is 0 Å². The van der Waals surface area contributed by atoms with Crippen molar-refractivity contribution in [3.63, 3.8) is 0 Å². The molecule has 1 aliphatic carbocycles. The fraction of sp³-hybridized carbons (Fsp3) is 0.810. The van der Waals surface area contributed by atoms with E-state index in [0.29, 0.717) is 12.1 Å². The first-order valence-electron chi connectivity index (χ1n) is 10.6. The van der Waals surface area contributed by atoms with Gasteiger partial charge in [0, 0.05) is 43.9 Å². The summed E-state index contributed by atoms with van der Waals surface area (Å²) in [4.78, 5) is 4.84. The number of halogens is 1. The van der Waals surface area contributed by atoms with Crippen LogP contribution in [0.2, 0.25) is 0 Å². The normalized spacial score (nSPS) is 21.0. The fourth-order valence-corrected chi connectivity index (χ4v) is 4.53. The second kappa shape index (κ2) is 11.4. The first-order valence-corrected chi connectivity index (χ1v) is 10.6. The maximum Gasteiger partial charge on any atom is 0.191 e. The molecule has 1 aromatic heterocycles. The first kappa shape index (κ1) is 25.2. The van der Waals surface area contributed by atoms with E-state index in [1.807, 2.05) is 11.7 Å². The number of hydrogen-bond donors (Lipinski definition) is 2. The zero-order chi connectivity index (χ0) is 20.0. The lowest BCUT2D eigenvalue weighted by molar-refractivity contribution is -0.133. The predicted octanol–water partition coefficient (Wildman–Crippen LogP) is 3.74. The summed E-state index contributed by atoms with van der Waals surface area (Å²) in [7, 11) is 2.00. The summed E-state index contributed by atoms with van der Waals surface area (Å²) in [6, 6.07) is 0.420. The standard InChI is InChI=1S/C21H39N5O.HI/c1-8-21(9-2)18(14-19(21)27-11-4)24-20(22-10-3)23-13-12-17-15(5)25-26(7)16(17)6;/h18-19H,8-14H2,1-7H3,(H2,22,23,24);1H. The Labute approximate surface area is 188 Å². The molecule has 0 aromatic carbocycles. The molecule has 0 amide bonds. The van der Waals surface area contributed by atoms with Gasteiger partial charge in [0.1, 0.15) is 0 Å². The van der Waals surface area contributed by atoms with Crippen LogP contribution < -0.4 is 10.6 Å². The average Bonchev–Trinajstić information content (AvgIpc) is 2.88. The van der Waals surface area contributed by atoms with Gasteiger partial charge in [-0.1, -0.05) is 13.8 Å². The van der Waals surface area contributed by atoms with Crippen LogP contribution >= 0.6 is 24.0 Å². The largest absolute Gasteiger partial charge is 0.378 e. The molecule has 2 unspecified atom stereocenters. The Bertz CT molecular complexity index is 639. The fourth-order valence-electron chi connectivity index (χ4n) is 4.53. The molecule has 0 saturated heterocycles. The highest BCUT2D eigenvalue weighted by atomic mass is 127. The van der Waals surface area contributed by atoms with Crippen LogP contribution in [0.4, 0.5) is 0 Å². The number of aryl methyl sites for hydroxylation is 2. The third-order valence-electron chi connectivity index (χ3n) is 6.42. The number of hydrogen-bond acceptors (Lipinski definition) is 3. The number of rotatable bonds is 9. The minimum absolute atomic E-state index is 0. The topological polar surface area (TPSA) is 63.5 Å². The molecule has 28 heavy (non-hydrogen) atoms. The second-order valence-corrected chi connectivity index (χ2v) is 7.60. The molecule has 1 heterocycles. The Balaban J connectivity index is 0.00000392. The van der Waals surface area contributed by atoms with Crippen molar-refractivity contribution in [1.29, 1.82) is 0 Å². The molecule has 1 aliphatic rings. The van der Waals surface area contributed by atoms with Gasteiger partial charge in [-0.05, 0) is 58.9 Å². The van der Waals surface area contributed by atoms with Crippen LogP contribution in [-0.4, -0.2) is 47.6 Å². The number of nitrogens with one attached hydrogen (secondary N) is 2. The van der Waals surface area contributed by atoms with E-state index in [2.05, 4.69) is 57.3 Å². The molecule has 1 saturated carbocycles. The SMILES string of the molecule is CCNC(=NCCc1c(C)nn(C)c1C)NC1CC(OCC)C1(CC)CC.I. The van der Waals surface area contributed by atoms with Crippen LogP contribution in [0.15, 0.2) is 4.99 Å². The summed E-state index contributed by atoms with van der Waals surface area (Å²) in [6.45, 7) is 15.4. The van der Waals surface area contributed by atoms with E-state index in [9.17, 15) is 0 Å². The van der Waals surface area contributed by atoms with Gasteiger partial charge in [-0.2, -0.15) is 5.10 Å². The smallest absolute Gasteiger partial charge is 0.191 e. The Hall–Kier alpha value is -0.830. The highest BCUT2D eigenvalue weighted by Gasteiger charge is 2.53. The molecular weight excluding hydrogens is 465 g/mol. The number of aromatic nitrogens is 2. The Morgan fingerprint density at radius 2 is 1.93 bits per heavy atom. The van der Waals surface area contributed by atoms with Gasteiger partial charge >= 0.3 is 0 Å². The summed E-state index contributed by atoms with van der Waals surface area (Å²) in [5, 5.41) is 11.6. The molecule has 0 radical (unpaired) electrons. The molecule has 2 atom stereocenters. The van der Waals surface area contributed by atoms with Gasteiger partial charge in [0.2, 0.25) is 0 Å². The summed E-state index contributed by atoms with van der Waals surface area (Å²) in [6.07, 6.45) is 4.58. The van der Waals surface area contributed by atoms with E-state index in [1.165, 1.54) is 11.3 Å². The molecule has 6 nitrogen and oxygen atoms in total. The van der Waals surface area contributed by atoms with E-state index in [0.717, 1.165) is 57.0 Å². The highest BCUT2D eigenvalue weighted by Crippen LogP contribution is 2.48. The summed E-state index contributed by atoms with van der Waals surface area (Å²) < 4.78 is 7.96. The van der Waals surface area contributed by atoms with Gasteiger partial charge in [-0.3, -0.25) is 9.67 Å². The van der Waals surface area contributed by atoms with Gasteiger partial charge in [-0.25, -0.2) is 0 Å². The summed E-state index contributed by atoms with van der Waals surface area (Å²) in [5.41, 5.74) is 3.87. The van der Waals surface area contributed by atoms with Crippen molar-refractivity contribution in [2.24, 2.45) is 17.5 Å². The quantitative estimate of drug-likeness (QED) is 0.305. The lowest BCUT2D eigenvalue weighted by atomic mass is 9.58. The maximum absolute atomic E-state index is 6.01. The van der Waals surface area contributed by atoms with Crippen LogP contribution in [0.1, 0.15) is 63.9 Å². The predicted molar refractivity (Wildman–Crippen MR) is 128 cm³/mol. The molecule has 1 fully saturated rings. The van der Waals surface area contributed by atoms with Gasteiger partial charge in [0.15, 0.2) is 5.96 Å². The third-order valence-corrected chi connectivity index (χ3v) is 6.42. The van der Waals surface area contributed by atoms with Crippen molar-refractivity contribution in [1.82, 2.24) is 20.4 Å². The number of guanidine groups is 1. The van der Waals surface area contributed by atoms with Gasteiger partial charge in [0.25, 0.3) is 0 Å². The van der Waals surface area contributed by atoms with E-state index < -0.39 is 0 Å². The number of aliphatic imine (C=N–C) groups is 1. The van der Waals surface area contributed by atoms with Crippen molar-refractivity contribution in [3.8, 4) is 0 Å². The van der Waals surface area contributed by atoms with Crippen molar-refractivity contribution in [2.75, 3.05) is 19.7 Å². The van der Waals surface area contributed by atoms with E-state index in [1.54, 1.807) is 0 Å². The van der Waals surface area contributed by atoms with E-state index >= 15 is 0 Å². The second-order valence-electron chi connectivity index (χ2n) is 7.60. The monoisotopic (exact) mass is 505 g/mol. The summed E-state index contributed by atoms with van der Waals surface area (Å²) in [5.74, 6) is 0.919. The minimum Gasteiger partial charge on any atom is -0.378 e. The van der Waals surface area contributed by atoms with Crippen molar-refractivity contribution < 1.29 is 4.74 Å². The van der Waals surface area contributed by atoms with Gasteiger partial charge in [-0.15, -0.1) is 24.0 Å². The lowest BCUT2D eigenvalue weighted by Crippen LogP contribution is -2.65. The average molecular weight is 505 g/mol. The van der Waals surface area contributed by atoms with Crippen molar-refractivity contribution in [2.45, 2.75) is 79.4 Å². The number of nitrogens with zero attached hydrogens (tertiary/aromatic N) is 3. The van der Waals surface area contributed by atoms with Crippen molar-refractivity contribution >= 4 is 29.9 Å². The van der Waals surface area contributed by atoms with Crippen LogP contribution in [0, 0.1) is 19.3 Å². The van der Waals surface area contributed by atoms with E-state index in [-0.39, 0.29) is 29.4 Å². The van der Waals surface area contributed by atoms with Gasteiger partial charge in [0.05, 0.1) is 11.8 Å². The number of ether oxygens (including phenoxy) is 1. The molecule has 0 aliphatic heterocycles. The van der Waals surface area contributed by atoms with Crippen LogP contribution in [0.25, 0.3) is 0 Å². The molecule has 2 rings (SSSR count). The molecule has 2 N–H and O–H groups in total. The zero-order valence-electron chi connectivity index (χ0n) is 18.8. The van der Waals surface area contributed by atoms with Gasteiger partial charge < -0.3 is 15.4 Å². The molecule has 162 valence electrons. The molecule has 7 heteroatoms. The zero-order valence-corrected chi connectivity index (χ0v) is 21.1. The summed E-state index contributed by atoms with van der Waals surface area (Å²) >= 11 is 0. The highest BCUT2D eigenvalue weighted by molar-refractivity contribution is 14.0. The lowest BCUT2D eigenvalue weighted by Gasteiger charge is -2.55. The Morgan fingerprint density at radius 3 is 2.43 bits per heavy atom. The third kappa shape index (κ3) is 5.20. The first-order chi connectivity index (χ1) is 12.9. The minimum atomic E-state index is 0. The molecule has 0 bridgehead atoms. The van der Waals surface area contributed by atoms with E-state index in [4.69, 9.17) is 9.73 Å². The van der Waals surface area contributed by atoms with Crippen molar-refractivity contribution in [3.05, 3.63) is 17.0 Å². The molecule has 1 aromatic rings. The maximum atomic E-state index is 6.01. The van der Waals surface area contributed by atoms with Crippen LogP contribution in [0.3, 0.4) is 0 Å². The van der Waals surface area contributed by atoms with Crippen LogP contribution in [-0.2, 0) is 18.2 Å². The molecule has 0 spiro atoms. The molecular formula is C21H40IN5O. The Morgan fingerprint density at radius 1 is 1.25 bits per heavy atom.